The second-order valence-corrected chi connectivity index (χ2v) is 5.56. The Kier molecular flexibility index (Phi) is 5.00. The molecule has 2 aliphatic rings. The standard InChI is InChI=1S/C13H22N4O4/c1-9(16-4-2-3-5-16)6-15-13(21)17-8-11(18)14-7-10(17)12(19)20/h9-10H,2-8H2,1H3,(H,14,18)(H,15,21)(H,19,20). The van der Waals surface area contributed by atoms with Crippen molar-refractivity contribution in [2.24, 2.45) is 0 Å². The van der Waals surface area contributed by atoms with E-state index < -0.39 is 18.0 Å². The molecule has 0 bridgehead atoms. The van der Waals surface area contributed by atoms with Crippen molar-refractivity contribution in [1.29, 1.82) is 0 Å². The number of hydrogen-bond donors (Lipinski definition) is 3. The SMILES string of the molecule is CC(CNC(=O)N1CC(=O)NCC1C(=O)O)N1CCCC1. The van der Waals surface area contributed by atoms with E-state index in [1.165, 1.54) is 12.8 Å². The summed E-state index contributed by atoms with van der Waals surface area (Å²) in [6.45, 7) is 4.26. The van der Waals surface area contributed by atoms with Gasteiger partial charge < -0.3 is 15.7 Å². The minimum absolute atomic E-state index is 0.0523. The van der Waals surface area contributed by atoms with Gasteiger partial charge in [0.2, 0.25) is 5.91 Å². The minimum Gasteiger partial charge on any atom is -0.480 e. The average Bonchev–Trinajstić information content (AvgIpc) is 2.98. The molecule has 8 nitrogen and oxygen atoms in total. The van der Waals surface area contributed by atoms with Crippen LogP contribution in [-0.2, 0) is 9.59 Å². The van der Waals surface area contributed by atoms with Gasteiger partial charge in [0.1, 0.15) is 12.6 Å². The van der Waals surface area contributed by atoms with Crippen LogP contribution in [0.2, 0.25) is 0 Å². The van der Waals surface area contributed by atoms with Gasteiger partial charge in [0.15, 0.2) is 0 Å². The maximum atomic E-state index is 12.1. The fourth-order valence-corrected chi connectivity index (χ4v) is 2.72. The highest BCUT2D eigenvalue weighted by atomic mass is 16.4. The van der Waals surface area contributed by atoms with E-state index in [0.717, 1.165) is 18.0 Å². The van der Waals surface area contributed by atoms with Crippen molar-refractivity contribution in [3.8, 4) is 0 Å². The Bertz CT molecular complexity index is 422. The van der Waals surface area contributed by atoms with Crippen LogP contribution in [0, 0.1) is 0 Å². The first kappa shape index (κ1) is 15.6. The second kappa shape index (κ2) is 6.75. The molecule has 0 spiro atoms. The van der Waals surface area contributed by atoms with Crippen molar-refractivity contribution in [3.05, 3.63) is 0 Å². The van der Waals surface area contributed by atoms with Gasteiger partial charge in [-0.05, 0) is 32.9 Å². The molecular formula is C13H22N4O4. The van der Waals surface area contributed by atoms with E-state index in [1.54, 1.807) is 0 Å². The Morgan fingerprint density at radius 2 is 2.10 bits per heavy atom. The monoisotopic (exact) mass is 298 g/mol. The topological polar surface area (TPSA) is 102 Å². The van der Waals surface area contributed by atoms with Crippen LogP contribution in [0.3, 0.4) is 0 Å². The van der Waals surface area contributed by atoms with Crippen molar-refractivity contribution in [1.82, 2.24) is 20.4 Å². The fraction of sp³-hybridized carbons (Fsp3) is 0.769. The molecule has 3 N–H and O–H groups in total. The molecule has 2 heterocycles. The summed E-state index contributed by atoms with van der Waals surface area (Å²) in [6, 6.07) is -1.30. The fourth-order valence-electron chi connectivity index (χ4n) is 2.72. The number of hydrogen-bond acceptors (Lipinski definition) is 4. The van der Waals surface area contributed by atoms with Gasteiger partial charge in [0.25, 0.3) is 0 Å². The lowest BCUT2D eigenvalue weighted by Gasteiger charge is -2.33. The van der Waals surface area contributed by atoms with Crippen LogP contribution >= 0.6 is 0 Å². The zero-order valence-corrected chi connectivity index (χ0v) is 12.2. The lowest BCUT2D eigenvalue weighted by Crippen LogP contribution is -2.61. The maximum absolute atomic E-state index is 12.1. The van der Waals surface area contributed by atoms with E-state index in [9.17, 15) is 14.4 Å². The molecule has 0 aromatic carbocycles. The molecule has 0 radical (unpaired) electrons. The van der Waals surface area contributed by atoms with Gasteiger partial charge in [0, 0.05) is 19.1 Å². The molecule has 0 saturated carbocycles. The second-order valence-electron chi connectivity index (χ2n) is 5.56. The third kappa shape index (κ3) is 3.84. The number of likely N-dealkylation sites (tertiary alicyclic amines) is 1. The predicted octanol–water partition coefficient (Wildman–Crippen LogP) is -0.935. The molecule has 2 aliphatic heterocycles. The summed E-state index contributed by atoms with van der Waals surface area (Å²) in [5.74, 6) is -1.45. The first-order valence-corrected chi connectivity index (χ1v) is 7.27. The molecule has 2 atom stereocenters. The number of urea groups is 1. The largest absolute Gasteiger partial charge is 0.480 e. The quantitative estimate of drug-likeness (QED) is 0.622. The van der Waals surface area contributed by atoms with Gasteiger partial charge in [-0.15, -0.1) is 0 Å². The molecule has 2 saturated heterocycles. The minimum atomic E-state index is -1.11. The molecule has 21 heavy (non-hydrogen) atoms. The third-order valence-corrected chi connectivity index (χ3v) is 4.04. The van der Waals surface area contributed by atoms with Crippen LogP contribution < -0.4 is 10.6 Å². The Labute approximate surface area is 123 Å². The van der Waals surface area contributed by atoms with Crippen molar-refractivity contribution >= 4 is 17.9 Å². The summed E-state index contributed by atoms with van der Waals surface area (Å²) in [4.78, 5) is 38.0. The molecule has 2 fully saturated rings. The number of carboxylic acids is 1. The third-order valence-electron chi connectivity index (χ3n) is 4.04. The van der Waals surface area contributed by atoms with Gasteiger partial charge in [-0.25, -0.2) is 9.59 Å². The Morgan fingerprint density at radius 3 is 2.71 bits per heavy atom. The number of nitrogens with zero attached hydrogens (tertiary/aromatic N) is 2. The highest BCUT2D eigenvalue weighted by molar-refractivity contribution is 5.90. The van der Waals surface area contributed by atoms with Crippen molar-refractivity contribution in [3.63, 3.8) is 0 Å². The number of carbonyl (C=O) groups excluding carboxylic acids is 2. The van der Waals surface area contributed by atoms with Crippen molar-refractivity contribution < 1.29 is 19.5 Å². The maximum Gasteiger partial charge on any atom is 0.328 e. The number of nitrogens with one attached hydrogen (secondary N) is 2. The highest BCUT2D eigenvalue weighted by Crippen LogP contribution is 2.11. The molecule has 0 aliphatic carbocycles. The smallest absolute Gasteiger partial charge is 0.328 e. The summed E-state index contributed by atoms with van der Waals surface area (Å²) in [7, 11) is 0. The number of carboxylic acid groups (broad SMARTS) is 1. The van der Waals surface area contributed by atoms with Crippen molar-refractivity contribution in [2.75, 3.05) is 32.7 Å². The Hall–Kier alpha value is -1.83. The van der Waals surface area contributed by atoms with Gasteiger partial charge in [-0.2, -0.15) is 0 Å². The predicted molar refractivity (Wildman–Crippen MR) is 74.8 cm³/mol. The Morgan fingerprint density at radius 1 is 1.43 bits per heavy atom. The number of aliphatic carboxylic acids is 1. The normalized spacial score (nSPS) is 24.5. The number of piperazine rings is 1. The zero-order chi connectivity index (χ0) is 15.4. The summed E-state index contributed by atoms with van der Waals surface area (Å²) >= 11 is 0. The molecule has 3 amide bonds. The number of amides is 3. The molecular weight excluding hydrogens is 276 g/mol. The van der Waals surface area contributed by atoms with E-state index >= 15 is 0 Å². The Balaban J connectivity index is 1.87. The molecule has 8 heteroatoms. The number of rotatable bonds is 4. The molecule has 0 aromatic heterocycles. The van der Waals surface area contributed by atoms with Gasteiger partial charge in [-0.3, -0.25) is 14.6 Å². The van der Waals surface area contributed by atoms with E-state index in [-0.39, 0.29) is 25.0 Å². The van der Waals surface area contributed by atoms with E-state index in [1.807, 2.05) is 6.92 Å². The molecule has 118 valence electrons. The summed E-state index contributed by atoms with van der Waals surface area (Å²) in [5, 5.41) is 14.3. The first-order chi connectivity index (χ1) is 9.99. The highest BCUT2D eigenvalue weighted by Gasteiger charge is 2.35. The van der Waals surface area contributed by atoms with Crippen LogP contribution in [0.25, 0.3) is 0 Å². The molecule has 0 aromatic rings. The van der Waals surface area contributed by atoms with Crippen LogP contribution in [-0.4, -0.2) is 77.6 Å². The van der Waals surface area contributed by atoms with Gasteiger partial charge >= 0.3 is 12.0 Å². The molecule has 2 unspecified atom stereocenters. The van der Waals surface area contributed by atoms with E-state index in [0.29, 0.717) is 6.54 Å². The van der Waals surface area contributed by atoms with E-state index in [2.05, 4.69) is 15.5 Å². The average molecular weight is 298 g/mol. The lowest BCUT2D eigenvalue weighted by atomic mass is 10.2. The lowest BCUT2D eigenvalue weighted by molar-refractivity contribution is -0.144. The zero-order valence-electron chi connectivity index (χ0n) is 12.2. The first-order valence-electron chi connectivity index (χ1n) is 7.27. The van der Waals surface area contributed by atoms with Crippen LogP contribution in [0.5, 0.6) is 0 Å². The summed E-state index contributed by atoms with van der Waals surface area (Å²) < 4.78 is 0. The summed E-state index contributed by atoms with van der Waals surface area (Å²) in [5.41, 5.74) is 0. The van der Waals surface area contributed by atoms with Gasteiger partial charge in [-0.1, -0.05) is 0 Å². The van der Waals surface area contributed by atoms with Crippen molar-refractivity contribution in [2.45, 2.75) is 31.8 Å². The van der Waals surface area contributed by atoms with Crippen LogP contribution in [0.15, 0.2) is 0 Å². The van der Waals surface area contributed by atoms with Crippen LogP contribution in [0.4, 0.5) is 4.79 Å². The number of carbonyl (C=O) groups is 3. The molecule has 2 rings (SSSR count). The van der Waals surface area contributed by atoms with Gasteiger partial charge in [0.05, 0.1) is 0 Å². The van der Waals surface area contributed by atoms with E-state index in [4.69, 9.17) is 5.11 Å². The van der Waals surface area contributed by atoms with Crippen LogP contribution in [0.1, 0.15) is 19.8 Å². The summed E-state index contributed by atoms with van der Waals surface area (Å²) in [6.07, 6.45) is 2.34.